The molecule has 5 nitrogen and oxygen atoms in total. The van der Waals surface area contributed by atoms with Crippen LogP contribution < -0.4 is 0 Å². The van der Waals surface area contributed by atoms with E-state index in [4.69, 9.17) is 5.11 Å². The first kappa shape index (κ1) is 16.9. The molecule has 0 aromatic rings. The molecular weight excluding hydrogens is 232 g/mol. The zero-order valence-corrected chi connectivity index (χ0v) is 12.0. The Balaban J connectivity index is 4.40. The summed E-state index contributed by atoms with van der Waals surface area (Å²) in [6.45, 7) is 11.2. The van der Waals surface area contributed by atoms with Gasteiger partial charge in [0.15, 0.2) is 0 Å². The fourth-order valence-electron chi connectivity index (χ4n) is 1.75. The first-order valence-corrected chi connectivity index (χ1v) is 6.69. The van der Waals surface area contributed by atoms with Crippen LogP contribution in [0.4, 0.5) is 0 Å². The molecule has 18 heavy (non-hydrogen) atoms. The van der Waals surface area contributed by atoms with E-state index < -0.39 is 11.9 Å². The van der Waals surface area contributed by atoms with E-state index in [1.165, 1.54) is 0 Å². The predicted molar refractivity (Wildman–Crippen MR) is 71.5 cm³/mol. The maximum atomic E-state index is 11.8. The quantitative estimate of drug-likeness (QED) is 0.677. The molecule has 0 rings (SSSR count). The number of hydrogen-bond donors (Lipinski definition) is 1. The summed E-state index contributed by atoms with van der Waals surface area (Å²) in [5.41, 5.74) is 0. The lowest BCUT2D eigenvalue weighted by Crippen LogP contribution is -2.41. The molecular formula is C13H26N2O3. The van der Waals surface area contributed by atoms with Gasteiger partial charge >= 0.3 is 5.97 Å². The number of aliphatic carboxylic acids is 1. The molecule has 0 aliphatic rings. The molecule has 1 N–H and O–H groups in total. The normalized spacial score (nSPS) is 12.5. The van der Waals surface area contributed by atoms with Crippen LogP contribution in [0, 0.1) is 5.92 Å². The second-order valence-electron chi connectivity index (χ2n) is 4.46. The van der Waals surface area contributed by atoms with Crippen LogP contribution in [-0.4, -0.2) is 59.5 Å². The Labute approximate surface area is 110 Å². The molecule has 0 saturated carbocycles. The van der Waals surface area contributed by atoms with E-state index in [1.807, 2.05) is 0 Å². The largest absolute Gasteiger partial charge is 0.481 e. The molecule has 0 saturated heterocycles. The highest BCUT2D eigenvalue weighted by atomic mass is 16.4. The molecule has 0 aromatic carbocycles. The number of hydrogen-bond acceptors (Lipinski definition) is 3. The van der Waals surface area contributed by atoms with Crippen LogP contribution in [0.2, 0.25) is 0 Å². The lowest BCUT2D eigenvalue weighted by Gasteiger charge is -2.27. The van der Waals surface area contributed by atoms with Crippen LogP contribution in [0.1, 0.15) is 34.1 Å². The highest BCUT2D eigenvalue weighted by Crippen LogP contribution is 2.03. The molecule has 1 amide bonds. The molecule has 1 atom stereocenters. The average Bonchev–Trinajstić information content (AvgIpc) is 2.37. The van der Waals surface area contributed by atoms with Gasteiger partial charge in [0.2, 0.25) is 5.91 Å². The number of carboxylic acids is 1. The van der Waals surface area contributed by atoms with E-state index in [2.05, 4.69) is 18.7 Å². The number of carbonyl (C=O) groups excluding carboxylic acids is 1. The van der Waals surface area contributed by atoms with Gasteiger partial charge in [-0.15, -0.1) is 0 Å². The number of carbonyl (C=O) groups is 2. The van der Waals surface area contributed by atoms with Crippen LogP contribution in [0.5, 0.6) is 0 Å². The fourth-order valence-corrected chi connectivity index (χ4v) is 1.75. The molecule has 1 unspecified atom stereocenters. The van der Waals surface area contributed by atoms with Crippen molar-refractivity contribution in [3.63, 3.8) is 0 Å². The Kier molecular flexibility index (Phi) is 8.37. The molecule has 0 aliphatic carbocycles. The molecule has 0 bridgehead atoms. The topological polar surface area (TPSA) is 60.9 Å². The van der Waals surface area contributed by atoms with Gasteiger partial charge in [-0.1, -0.05) is 27.7 Å². The third-order valence-electron chi connectivity index (χ3n) is 3.15. The zero-order chi connectivity index (χ0) is 14.1. The second-order valence-corrected chi connectivity index (χ2v) is 4.46. The maximum Gasteiger partial charge on any atom is 0.308 e. The van der Waals surface area contributed by atoms with Crippen molar-refractivity contribution in [1.82, 2.24) is 9.80 Å². The number of likely N-dealkylation sites (N-methyl/N-ethyl adjacent to an activating group) is 1. The van der Waals surface area contributed by atoms with Crippen molar-refractivity contribution in [2.24, 2.45) is 5.92 Å². The molecule has 0 heterocycles. The minimum absolute atomic E-state index is 0.0234. The molecule has 0 fully saturated rings. The summed E-state index contributed by atoms with van der Waals surface area (Å²) in [7, 11) is 0. The SMILES string of the molecule is CCC(=O)N(CCN(CC)CC)CC(C)C(=O)O. The van der Waals surface area contributed by atoms with E-state index in [9.17, 15) is 9.59 Å². The van der Waals surface area contributed by atoms with Crippen LogP contribution in [0.25, 0.3) is 0 Å². The summed E-state index contributed by atoms with van der Waals surface area (Å²) in [5.74, 6) is -1.35. The van der Waals surface area contributed by atoms with Crippen molar-refractivity contribution in [2.75, 3.05) is 32.7 Å². The second kappa shape index (κ2) is 8.91. The van der Waals surface area contributed by atoms with Crippen molar-refractivity contribution >= 4 is 11.9 Å². The summed E-state index contributed by atoms with van der Waals surface area (Å²) in [6, 6.07) is 0. The number of amides is 1. The smallest absolute Gasteiger partial charge is 0.308 e. The molecule has 0 aromatic heterocycles. The number of nitrogens with zero attached hydrogens (tertiary/aromatic N) is 2. The van der Waals surface area contributed by atoms with Gasteiger partial charge in [0.05, 0.1) is 5.92 Å². The lowest BCUT2D eigenvalue weighted by molar-refractivity contribution is -0.143. The third-order valence-corrected chi connectivity index (χ3v) is 3.15. The highest BCUT2D eigenvalue weighted by molar-refractivity contribution is 5.77. The lowest BCUT2D eigenvalue weighted by atomic mass is 10.1. The number of rotatable bonds is 9. The van der Waals surface area contributed by atoms with Crippen LogP contribution in [0.3, 0.4) is 0 Å². The zero-order valence-electron chi connectivity index (χ0n) is 12.0. The van der Waals surface area contributed by atoms with Gasteiger partial charge in [0, 0.05) is 26.1 Å². The standard InChI is InChI=1S/C13H26N2O3/c1-5-12(16)15(10-11(4)13(17)18)9-8-14(6-2)7-3/h11H,5-10H2,1-4H3,(H,17,18). The van der Waals surface area contributed by atoms with Crippen LogP contribution in [0.15, 0.2) is 0 Å². The molecule has 0 radical (unpaired) electrons. The Morgan fingerprint density at radius 1 is 1.11 bits per heavy atom. The molecule has 0 spiro atoms. The Morgan fingerprint density at radius 2 is 1.67 bits per heavy atom. The molecule has 5 heteroatoms. The fraction of sp³-hybridized carbons (Fsp3) is 0.846. The molecule has 106 valence electrons. The summed E-state index contributed by atoms with van der Waals surface area (Å²) in [5, 5.41) is 8.91. The van der Waals surface area contributed by atoms with Gasteiger partial charge in [-0.3, -0.25) is 9.59 Å². The van der Waals surface area contributed by atoms with Crippen LogP contribution in [-0.2, 0) is 9.59 Å². The minimum atomic E-state index is -0.855. The van der Waals surface area contributed by atoms with Gasteiger partial charge in [-0.05, 0) is 13.1 Å². The molecule has 0 aliphatic heterocycles. The first-order chi connectivity index (χ1) is 8.46. The van der Waals surface area contributed by atoms with Crippen LogP contribution >= 0.6 is 0 Å². The Morgan fingerprint density at radius 3 is 2.06 bits per heavy atom. The van der Waals surface area contributed by atoms with Crippen molar-refractivity contribution < 1.29 is 14.7 Å². The Bertz CT molecular complexity index is 265. The van der Waals surface area contributed by atoms with E-state index in [0.717, 1.165) is 19.6 Å². The van der Waals surface area contributed by atoms with E-state index in [0.29, 0.717) is 19.5 Å². The maximum absolute atomic E-state index is 11.8. The third kappa shape index (κ3) is 6.00. The predicted octanol–water partition coefficient (Wildman–Crippen LogP) is 1.29. The van der Waals surface area contributed by atoms with E-state index in [1.54, 1.807) is 18.7 Å². The van der Waals surface area contributed by atoms with Gasteiger partial charge in [-0.25, -0.2) is 0 Å². The van der Waals surface area contributed by atoms with Gasteiger partial charge < -0.3 is 14.9 Å². The first-order valence-electron chi connectivity index (χ1n) is 6.69. The van der Waals surface area contributed by atoms with Gasteiger partial charge in [-0.2, -0.15) is 0 Å². The van der Waals surface area contributed by atoms with Crippen molar-refractivity contribution in [2.45, 2.75) is 34.1 Å². The van der Waals surface area contributed by atoms with Gasteiger partial charge in [0.1, 0.15) is 0 Å². The monoisotopic (exact) mass is 258 g/mol. The average molecular weight is 258 g/mol. The van der Waals surface area contributed by atoms with Crippen molar-refractivity contribution in [3.05, 3.63) is 0 Å². The van der Waals surface area contributed by atoms with E-state index in [-0.39, 0.29) is 5.91 Å². The summed E-state index contributed by atoms with van der Waals surface area (Å²) >= 11 is 0. The summed E-state index contributed by atoms with van der Waals surface area (Å²) in [4.78, 5) is 26.5. The minimum Gasteiger partial charge on any atom is -0.481 e. The highest BCUT2D eigenvalue weighted by Gasteiger charge is 2.19. The van der Waals surface area contributed by atoms with Gasteiger partial charge in [0.25, 0.3) is 0 Å². The summed E-state index contributed by atoms with van der Waals surface area (Å²) < 4.78 is 0. The Hall–Kier alpha value is -1.10. The van der Waals surface area contributed by atoms with Crippen molar-refractivity contribution in [3.8, 4) is 0 Å². The van der Waals surface area contributed by atoms with Crippen molar-refractivity contribution in [1.29, 1.82) is 0 Å². The number of carboxylic acid groups (broad SMARTS) is 1. The summed E-state index contributed by atoms with van der Waals surface area (Å²) in [6.07, 6.45) is 0.421. The van der Waals surface area contributed by atoms with E-state index >= 15 is 0 Å².